The smallest absolute Gasteiger partial charge is 0.409 e. The van der Waals surface area contributed by atoms with E-state index in [1.165, 1.54) is 0 Å². The third kappa shape index (κ3) is 3.13. The zero-order valence-corrected chi connectivity index (χ0v) is 14.1. The molecule has 3 rings (SSSR count). The van der Waals surface area contributed by atoms with Gasteiger partial charge in [-0.3, -0.25) is 5.32 Å². The maximum Gasteiger partial charge on any atom is 0.409 e. The molecule has 1 aliphatic rings. The molecule has 0 spiro atoms. The Hall–Kier alpha value is -1.51. The maximum atomic E-state index is 10.9. The molecular formula is C13H17BrClN5O2. The lowest BCUT2D eigenvalue weighted by atomic mass is 10.1. The van der Waals surface area contributed by atoms with Gasteiger partial charge in [0.1, 0.15) is 5.65 Å². The summed E-state index contributed by atoms with van der Waals surface area (Å²) in [5, 5.41) is 12.1. The number of amides is 1. The fourth-order valence-corrected chi connectivity index (χ4v) is 3.34. The number of piperidine rings is 1. The maximum absolute atomic E-state index is 10.9. The molecule has 1 atom stereocenters. The highest BCUT2D eigenvalue weighted by Gasteiger charge is 2.23. The van der Waals surface area contributed by atoms with E-state index in [2.05, 4.69) is 36.1 Å². The van der Waals surface area contributed by atoms with E-state index in [0.717, 1.165) is 41.5 Å². The van der Waals surface area contributed by atoms with Gasteiger partial charge in [0.05, 0.1) is 21.2 Å². The average Bonchev–Trinajstić information content (AvgIpc) is 2.81. The number of H-pyrrole nitrogens is 1. The summed E-state index contributed by atoms with van der Waals surface area (Å²) >= 11 is 3.52. The third-order valence-electron chi connectivity index (χ3n) is 3.65. The Labute approximate surface area is 141 Å². The van der Waals surface area contributed by atoms with Crippen molar-refractivity contribution in [3.05, 3.63) is 16.9 Å². The first-order valence-electron chi connectivity index (χ1n) is 6.72. The first-order chi connectivity index (χ1) is 10.1. The average molecular weight is 391 g/mol. The number of anilines is 2. The van der Waals surface area contributed by atoms with Crippen molar-refractivity contribution in [3.63, 3.8) is 0 Å². The Morgan fingerprint density at radius 3 is 3.05 bits per heavy atom. The van der Waals surface area contributed by atoms with Crippen LogP contribution >= 0.6 is 28.3 Å². The van der Waals surface area contributed by atoms with Gasteiger partial charge < -0.3 is 20.7 Å². The first kappa shape index (κ1) is 16.9. The quantitative estimate of drug-likeness (QED) is 0.631. The van der Waals surface area contributed by atoms with Crippen molar-refractivity contribution in [2.24, 2.45) is 5.73 Å². The number of carboxylic acid groups (broad SMARTS) is 1. The van der Waals surface area contributed by atoms with Crippen LogP contribution in [-0.4, -0.2) is 40.3 Å². The molecule has 5 N–H and O–H groups in total. The number of nitrogens with zero attached hydrogens (tertiary/aromatic N) is 2. The van der Waals surface area contributed by atoms with Crippen molar-refractivity contribution < 1.29 is 9.90 Å². The van der Waals surface area contributed by atoms with E-state index >= 15 is 0 Å². The molecule has 0 aromatic carbocycles. The lowest BCUT2D eigenvalue weighted by Gasteiger charge is -2.33. The topological polar surface area (TPSA) is 107 Å². The summed E-state index contributed by atoms with van der Waals surface area (Å²) in [6, 6.07) is 0.128. The minimum absolute atomic E-state index is 0. The van der Waals surface area contributed by atoms with Crippen LogP contribution < -0.4 is 16.0 Å². The van der Waals surface area contributed by atoms with Gasteiger partial charge in [0.15, 0.2) is 0 Å². The predicted octanol–water partition coefficient (Wildman–Crippen LogP) is 2.76. The Morgan fingerprint density at radius 1 is 1.59 bits per heavy atom. The summed E-state index contributed by atoms with van der Waals surface area (Å²) in [6.07, 6.45) is 4.26. The van der Waals surface area contributed by atoms with Crippen LogP contribution in [0.3, 0.4) is 0 Å². The number of nitrogens with one attached hydrogen (secondary N) is 2. The number of pyridine rings is 1. The van der Waals surface area contributed by atoms with E-state index in [0.29, 0.717) is 11.3 Å². The van der Waals surface area contributed by atoms with E-state index in [9.17, 15) is 4.79 Å². The first-order valence-corrected chi connectivity index (χ1v) is 7.51. The van der Waals surface area contributed by atoms with Gasteiger partial charge in [-0.2, -0.15) is 0 Å². The van der Waals surface area contributed by atoms with Gasteiger partial charge in [-0.25, -0.2) is 9.78 Å². The molecule has 2 aromatic rings. The molecule has 0 saturated carbocycles. The summed E-state index contributed by atoms with van der Waals surface area (Å²) in [5.74, 6) is 0. The van der Waals surface area contributed by atoms with Crippen LogP contribution in [0.4, 0.5) is 16.2 Å². The van der Waals surface area contributed by atoms with E-state index in [4.69, 9.17) is 10.8 Å². The number of hydrogen-bond donors (Lipinski definition) is 4. The summed E-state index contributed by atoms with van der Waals surface area (Å²) in [4.78, 5) is 20.4. The monoisotopic (exact) mass is 389 g/mol. The second-order valence-electron chi connectivity index (χ2n) is 5.16. The van der Waals surface area contributed by atoms with Crippen molar-refractivity contribution >= 4 is 56.8 Å². The molecule has 1 aliphatic heterocycles. The largest absolute Gasteiger partial charge is 0.465 e. The lowest BCUT2D eigenvalue weighted by molar-refractivity contribution is 0.210. The number of rotatable bonds is 2. The van der Waals surface area contributed by atoms with E-state index in [1.54, 1.807) is 12.4 Å². The molecule has 2 aromatic heterocycles. The molecule has 9 heteroatoms. The second kappa shape index (κ2) is 6.72. The summed E-state index contributed by atoms with van der Waals surface area (Å²) in [6.45, 7) is 1.64. The minimum Gasteiger partial charge on any atom is -0.465 e. The zero-order valence-electron chi connectivity index (χ0n) is 11.7. The molecule has 1 saturated heterocycles. The second-order valence-corrected chi connectivity index (χ2v) is 6.01. The van der Waals surface area contributed by atoms with Gasteiger partial charge >= 0.3 is 6.09 Å². The third-order valence-corrected chi connectivity index (χ3v) is 4.23. The zero-order chi connectivity index (χ0) is 15.0. The molecule has 7 nitrogen and oxygen atoms in total. The molecule has 0 bridgehead atoms. The number of aromatic nitrogens is 2. The normalized spacial score (nSPS) is 18.1. The van der Waals surface area contributed by atoms with Crippen LogP contribution in [-0.2, 0) is 0 Å². The summed E-state index contributed by atoms with van der Waals surface area (Å²) < 4.78 is 0.831. The van der Waals surface area contributed by atoms with E-state index in [-0.39, 0.29) is 18.4 Å². The van der Waals surface area contributed by atoms with Gasteiger partial charge in [-0.05, 0) is 28.8 Å². The number of halogens is 2. The number of nitrogens with two attached hydrogens (primary N) is 1. The summed E-state index contributed by atoms with van der Waals surface area (Å²) in [5.41, 5.74) is 8.14. The molecule has 0 aliphatic carbocycles. The Morgan fingerprint density at radius 2 is 2.36 bits per heavy atom. The van der Waals surface area contributed by atoms with E-state index in [1.807, 2.05) is 0 Å². The molecule has 22 heavy (non-hydrogen) atoms. The van der Waals surface area contributed by atoms with Crippen molar-refractivity contribution in [1.29, 1.82) is 0 Å². The van der Waals surface area contributed by atoms with Gasteiger partial charge in [-0.1, -0.05) is 0 Å². The van der Waals surface area contributed by atoms with Crippen LogP contribution in [0.5, 0.6) is 0 Å². The highest BCUT2D eigenvalue weighted by atomic mass is 79.9. The molecule has 1 unspecified atom stereocenters. The van der Waals surface area contributed by atoms with Gasteiger partial charge in [0.25, 0.3) is 0 Å². The van der Waals surface area contributed by atoms with Crippen LogP contribution in [0.25, 0.3) is 11.0 Å². The Bertz CT molecular complexity index is 692. The highest BCUT2D eigenvalue weighted by Crippen LogP contribution is 2.38. The van der Waals surface area contributed by atoms with Crippen LogP contribution in [0.15, 0.2) is 16.9 Å². The van der Waals surface area contributed by atoms with Crippen LogP contribution in [0.2, 0.25) is 0 Å². The minimum atomic E-state index is -1.10. The summed E-state index contributed by atoms with van der Waals surface area (Å²) in [7, 11) is 0. The molecule has 0 radical (unpaired) electrons. The molecular weight excluding hydrogens is 374 g/mol. The number of fused-ring (bicyclic) bond motifs is 1. The number of carbonyl (C=O) groups is 1. The van der Waals surface area contributed by atoms with Crippen molar-refractivity contribution in [2.45, 2.75) is 18.9 Å². The van der Waals surface area contributed by atoms with Crippen molar-refractivity contribution in [3.8, 4) is 0 Å². The molecule has 1 fully saturated rings. The fraction of sp³-hybridized carbons (Fsp3) is 0.385. The Balaban J connectivity index is 0.00000176. The fourth-order valence-electron chi connectivity index (χ4n) is 2.79. The van der Waals surface area contributed by atoms with Gasteiger partial charge in [-0.15, -0.1) is 12.4 Å². The van der Waals surface area contributed by atoms with Gasteiger partial charge in [0.2, 0.25) is 0 Å². The molecule has 120 valence electrons. The lowest BCUT2D eigenvalue weighted by Crippen LogP contribution is -2.43. The van der Waals surface area contributed by atoms with Crippen molar-refractivity contribution in [2.75, 3.05) is 23.3 Å². The highest BCUT2D eigenvalue weighted by molar-refractivity contribution is 9.10. The van der Waals surface area contributed by atoms with E-state index < -0.39 is 6.09 Å². The van der Waals surface area contributed by atoms with Crippen molar-refractivity contribution in [1.82, 2.24) is 9.97 Å². The van der Waals surface area contributed by atoms with Crippen LogP contribution in [0.1, 0.15) is 12.8 Å². The van der Waals surface area contributed by atoms with Gasteiger partial charge in [0, 0.05) is 31.5 Å². The molecule has 3 heterocycles. The predicted molar refractivity (Wildman–Crippen MR) is 92.1 cm³/mol. The SMILES string of the molecule is Cl.NC1CCCN(c2c(Br)cnc3[nH]cc(NC(=O)O)c23)C1. The number of hydrogen-bond acceptors (Lipinski definition) is 4. The van der Waals surface area contributed by atoms with Crippen LogP contribution in [0, 0.1) is 0 Å². The Kier molecular flexibility index (Phi) is 5.15. The number of aromatic amines is 1. The standard InChI is InChI=1S/C13H16BrN5O2.ClH/c14-8-4-16-12-10(9(5-17-12)18-13(20)21)11(8)19-3-1-2-7(15)6-19;/h4-5,7,18H,1-3,6,15H2,(H,16,17)(H,20,21);1H. The molecule has 1 amide bonds.